The van der Waals surface area contributed by atoms with Gasteiger partial charge < -0.3 is 5.32 Å². The molecule has 0 spiro atoms. The van der Waals surface area contributed by atoms with Crippen molar-refractivity contribution in [2.75, 3.05) is 5.32 Å². The van der Waals surface area contributed by atoms with Crippen LogP contribution in [0, 0.1) is 22.9 Å². The van der Waals surface area contributed by atoms with Crippen molar-refractivity contribution >= 4 is 11.5 Å². The van der Waals surface area contributed by atoms with E-state index in [1.54, 1.807) is 13.0 Å². The minimum atomic E-state index is -0.486. The lowest BCUT2D eigenvalue weighted by atomic mass is 10.1. The first-order valence-corrected chi connectivity index (χ1v) is 6.10. The van der Waals surface area contributed by atoms with Crippen LogP contribution in [0.2, 0.25) is 0 Å². The van der Waals surface area contributed by atoms with Gasteiger partial charge in [-0.2, -0.15) is 0 Å². The van der Waals surface area contributed by atoms with E-state index in [4.69, 9.17) is 0 Å². The van der Waals surface area contributed by atoms with Crippen LogP contribution in [0.4, 0.5) is 15.9 Å². The molecule has 0 fully saturated rings. The minimum absolute atomic E-state index is 0.0496. The van der Waals surface area contributed by atoms with E-state index in [2.05, 4.69) is 10.3 Å². The largest absolute Gasteiger partial charge is 0.363 e. The fourth-order valence-electron chi connectivity index (χ4n) is 1.88. The van der Waals surface area contributed by atoms with Gasteiger partial charge in [-0.15, -0.1) is 0 Å². The molecule has 0 bridgehead atoms. The van der Waals surface area contributed by atoms with Crippen LogP contribution in [-0.2, 0) is 0 Å². The average Bonchev–Trinajstić information content (AvgIpc) is 2.40. The fourth-order valence-corrected chi connectivity index (χ4v) is 1.88. The first-order chi connectivity index (χ1) is 9.47. The number of hydrogen-bond donors (Lipinski definition) is 1. The highest BCUT2D eigenvalue weighted by Crippen LogP contribution is 2.23. The summed E-state index contributed by atoms with van der Waals surface area (Å²) >= 11 is 0. The van der Waals surface area contributed by atoms with Gasteiger partial charge in [-0.1, -0.05) is 12.1 Å². The molecule has 0 amide bonds. The van der Waals surface area contributed by atoms with Gasteiger partial charge in [0.1, 0.15) is 17.8 Å². The highest BCUT2D eigenvalue weighted by atomic mass is 19.1. The Balaban J connectivity index is 2.19. The molecular formula is C14H14FN3O2. The van der Waals surface area contributed by atoms with E-state index in [9.17, 15) is 14.5 Å². The Morgan fingerprint density at radius 2 is 2.15 bits per heavy atom. The number of nitro groups is 1. The number of nitrogens with zero attached hydrogens (tertiary/aromatic N) is 2. The van der Waals surface area contributed by atoms with Crippen LogP contribution in [0.5, 0.6) is 0 Å². The van der Waals surface area contributed by atoms with E-state index in [0.717, 1.165) is 5.56 Å². The molecule has 2 rings (SSSR count). The van der Waals surface area contributed by atoms with Crippen LogP contribution in [0.1, 0.15) is 24.1 Å². The molecule has 104 valence electrons. The van der Waals surface area contributed by atoms with E-state index in [0.29, 0.717) is 11.4 Å². The molecule has 0 saturated heterocycles. The summed E-state index contributed by atoms with van der Waals surface area (Å²) in [7, 11) is 0. The Labute approximate surface area is 115 Å². The quantitative estimate of drug-likeness (QED) is 0.683. The second kappa shape index (κ2) is 5.64. The second-order valence-electron chi connectivity index (χ2n) is 4.54. The third kappa shape index (κ3) is 3.09. The van der Waals surface area contributed by atoms with Crippen LogP contribution >= 0.6 is 0 Å². The van der Waals surface area contributed by atoms with Gasteiger partial charge in [0, 0.05) is 6.07 Å². The molecule has 0 aliphatic carbocycles. The second-order valence-corrected chi connectivity index (χ2v) is 4.54. The number of hydrogen-bond acceptors (Lipinski definition) is 4. The van der Waals surface area contributed by atoms with Crippen LogP contribution < -0.4 is 5.32 Å². The van der Waals surface area contributed by atoms with Crippen LogP contribution in [0.25, 0.3) is 0 Å². The van der Waals surface area contributed by atoms with Crippen LogP contribution in [-0.4, -0.2) is 9.91 Å². The predicted molar refractivity (Wildman–Crippen MR) is 74.1 cm³/mol. The molecule has 1 aromatic heterocycles. The Morgan fingerprint density at radius 1 is 1.40 bits per heavy atom. The van der Waals surface area contributed by atoms with Crippen molar-refractivity contribution in [3.63, 3.8) is 0 Å². The summed E-state index contributed by atoms with van der Waals surface area (Å²) in [5.74, 6) is 0.247. The number of aryl methyl sites for hydroxylation is 1. The molecule has 0 aliphatic heterocycles. The lowest BCUT2D eigenvalue weighted by molar-refractivity contribution is -0.385. The molecule has 2 aromatic rings. The lowest BCUT2D eigenvalue weighted by Crippen LogP contribution is -2.09. The third-order valence-electron chi connectivity index (χ3n) is 2.98. The molecule has 0 aliphatic rings. The molecule has 0 radical (unpaired) electrons. The monoisotopic (exact) mass is 275 g/mol. The Kier molecular flexibility index (Phi) is 3.93. The summed E-state index contributed by atoms with van der Waals surface area (Å²) in [5, 5.41) is 13.8. The number of pyridine rings is 1. The Morgan fingerprint density at radius 3 is 2.75 bits per heavy atom. The molecule has 20 heavy (non-hydrogen) atoms. The van der Waals surface area contributed by atoms with Crippen LogP contribution in [0.15, 0.2) is 36.5 Å². The smallest absolute Gasteiger partial charge is 0.287 e. The maximum absolute atomic E-state index is 13.2. The van der Waals surface area contributed by atoms with Crippen molar-refractivity contribution in [3.05, 3.63) is 63.6 Å². The number of anilines is 1. The zero-order chi connectivity index (χ0) is 14.7. The molecule has 0 saturated carbocycles. The molecule has 1 unspecified atom stereocenters. The number of aromatic nitrogens is 1. The molecule has 1 heterocycles. The average molecular weight is 275 g/mol. The van der Waals surface area contributed by atoms with E-state index in [1.165, 1.54) is 24.4 Å². The van der Waals surface area contributed by atoms with E-state index in [-0.39, 0.29) is 17.5 Å². The number of rotatable bonds is 4. The maximum atomic E-state index is 13.2. The van der Waals surface area contributed by atoms with Crippen molar-refractivity contribution < 1.29 is 9.31 Å². The van der Waals surface area contributed by atoms with Crippen molar-refractivity contribution in [1.29, 1.82) is 0 Å². The molecule has 5 nitrogen and oxygen atoms in total. The number of halogens is 1. The minimum Gasteiger partial charge on any atom is -0.363 e. The van der Waals surface area contributed by atoms with Crippen molar-refractivity contribution in [2.24, 2.45) is 0 Å². The van der Waals surface area contributed by atoms with Gasteiger partial charge in [-0.3, -0.25) is 10.1 Å². The zero-order valence-electron chi connectivity index (χ0n) is 11.1. The highest BCUT2D eigenvalue weighted by Gasteiger charge is 2.12. The summed E-state index contributed by atoms with van der Waals surface area (Å²) in [6.45, 7) is 3.61. The van der Waals surface area contributed by atoms with Gasteiger partial charge in [0.05, 0.1) is 11.0 Å². The van der Waals surface area contributed by atoms with E-state index >= 15 is 0 Å². The van der Waals surface area contributed by atoms with Gasteiger partial charge in [0.2, 0.25) is 0 Å². The molecule has 1 atom stereocenters. The van der Waals surface area contributed by atoms with Gasteiger partial charge in [0.25, 0.3) is 5.69 Å². The fraction of sp³-hybridized carbons (Fsp3) is 0.214. The first-order valence-electron chi connectivity index (χ1n) is 6.10. The van der Waals surface area contributed by atoms with Crippen LogP contribution in [0.3, 0.4) is 0 Å². The first kappa shape index (κ1) is 13.9. The normalized spacial score (nSPS) is 11.9. The molecule has 1 aromatic carbocycles. The van der Waals surface area contributed by atoms with Crippen molar-refractivity contribution in [2.45, 2.75) is 19.9 Å². The standard InChI is InChI=1S/C14H14FN3O2/c1-9-6-13(18(19)20)8-16-14(9)17-10(2)11-4-3-5-12(15)7-11/h3-8,10H,1-2H3,(H,16,17). The Bertz CT molecular complexity index is 646. The van der Waals surface area contributed by atoms with E-state index < -0.39 is 4.92 Å². The molecule has 1 N–H and O–H groups in total. The van der Waals surface area contributed by atoms with E-state index in [1.807, 2.05) is 13.0 Å². The van der Waals surface area contributed by atoms with Gasteiger partial charge >= 0.3 is 0 Å². The summed E-state index contributed by atoms with van der Waals surface area (Å²) in [6, 6.07) is 7.57. The zero-order valence-corrected chi connectivity index (χ0v) is 11.1. The topological polar surface area (TPSA) is 68.1 Å². The third-order valence-corrected chi connectivity index (χ3v) is 2.98. The van der Waals surface area contributed by atoms with Crippen molar-refractivity contribution in [3.8, 4) is 0 Å². The predicted octanol–water partition coefficient (Wildman–Crippen LogP) is 3.61. The summed E-state index contributed by atoms with van der Waals surface area (Å²) < 4.78 is 13.2. The Hall–Kier alpha value is -2.50. The van der Waals surface area contributed by atoms with Gasteiger partial charge in [-0.05, 0) is 37.1 Å². The SMILES string of the molecule is Cc1cc([N+](=O)[O-])cnc1NC(C)c1cccc(F)c1. The summed E-state index contributed by atoms with van der Waals surface area (Å²) in [6.07, 6.45) is 1.20. The van der Waals surface area contributed by atoms with Crippen molar-refractivity contribution in [1.82, 2.24) is 4.98 Å². The number of nitrogens with one attached hydrogen (secondary N) is 1. The lowest BCUT2D eigenvalue weighted by Gasteiger charge is -2.16. The van der Waals surface area contributed by atoms with Gasteiger partial charge in [-0.25, -0.2) is 9.37 Å². The molecular weight excluding hydrogens is 261 g/mol. The molecule has 6 heteroatoms. The van der Waals surface area contributed by atoms with Gasteiger partial charge in [0.15, 0.2) is 0 Å². The number of benzene rings is 1. The summed E-state index contributed by atoms with van der Waals surface area (Å²) in [5.41, 5.74) is 1.40. The highest BCUT2D eigenvalue weighted by molar-refractivity contribution is 5.49. The maximum Gasteiger partial charge on any atom is 0.287 e. The summed E-state index contributed by atoms with van der Waals surface area (Å²) in [4.78, 5) is 14.2.